The third-order valence-corrected chi connectivity index (χ3v) is 4.28. The minimum atomic E-state index is -0.977. The topological polar surface area (TPSA) is 66.6 Å². The van der Waals surface area contributed by atoms with E-state index in [9.17, 15) is 4.79 Å². The number of nitrogen functional groups attached to an aromatic ring is 1. The van der Waals surface area contributed by atoms with Gasteiger partial charge in [0.25, 0.3) is 0 Å². The first-order chi connectivity index (χ1) is 8.47. The molecule has 0 aliphatic carbocycles. The number of nitrogens with zero attached hydrogens (tertiary/aromatic N) is 1. The highest BCUT2D eigenvalue weighted by molar-refractivity contribution is 8.00. The van der Waals surface area contributed by atoms with Crippen molar-refractivity contribution in [1.29, 1.82) is 0 Å². The van der Waals surface area contributed by atoms with Crippen LogP contribution in [0.4, 0.5) is 11.4 Å². The smallest absolute Gasteiger partial charge is 0.337 e. The zero-order valence-electron chi connectivity index (χ0n) is 10.6. The SMILES string of the molecule is CC1CN(c2ccc(C(=O)O)c(N)c2)CC(C)S1. The highest BCUT2D eigenvalue weighted by Crippen LogP contribution is 2.30. The average Bonchev–Trinajstić information content (AvgIpc) is 2.26. The lowest BCUT2D eigenvalue weighted by molar-refractivity contribution is 0.0698. The molecule has 1 aliphatic rings. The Kier molecular flexibility index (Phi) is 3.71. The quantitative estimate of drug-likeness (QED) is 0.804. The average molecular weight is 266 g/mol. The van der Waals surface area contributed by atoms with Gasteiger partial charge in [-0.15, -0.1) is 0 Å². The molecule has 0 radical (unpaired) electrons. The molecule has 1 aromatic rings. The molecule has 18 heavy (non-hydrogen) atoms. The Morgan fingerprint density at radius 2 is 2.00 bits per heavy atom. The van der Waals surface area contributed by atoms with E-state index in [0.717, 1.165) is 18.8 Å². The first kappa shape index (κ1) is 13.1. The summed E-state index contributed by atoms with van der Waals surface area (Å²) in [5, 5.41) is 10.1. The number of thioether (sulfide) groups is 1. The summed E-state index contributed by atoms with van der Waals surface area (Å²) in [6.07, 6.45) is 0. The first-order valence-corrected chi connectivity index (χ1v) is 6.95. The minimum absolute atomic E-state index is 0.172. The second-order valence-corrected chi connectivity index (χ2v) is 6.62. The van der Waals surface area contributed by atoms with Gasteiger partial charge in [-0.3, -0.25) is 0 Å². The molecule has 0 amide bonds. The summed E-state index contributed by atoms with van der Waals surface area (Å²) in [7, 11) is 0. The van der Waals surface area contributed by atoms with Crippen LogP contribution in [-0.2, 0) is 0 Å². The van der Waals surface area contributed by atoms with Crippen molar-refractivity contribution in [3.8, 4) is 0 Å². The van der Waals surface area contributed by atoms with Gasteiger partial charge in [-0.2, -0.15) is 11.8 Å². The van der Waals surface area contributed by atoms with Gasteiger partial charge < -0.3 is 15.7 Å². The third-order valence-electron chi connectivity index (χ3n) is 3.05. The van der Waals surface area contributed by atoms with Gasteiger partial charge in [-0.25, -0.2) is 4.79 Å². The number of carboxylic acid groups (broad SMARTS) is 1. The number of aromatic carboxylic acids is 1. The molecule has 98 valence electrons. The van der Waals surface area contributed by atoms with Crippen LogP contribution >= 0.6 is 11.8 Å². The van der Waals surface area contributed by atoms with Crippen LogP contribution in [0.2, 0.25) is 0 Å². The number of benzene rings is 1. The van der Waals surface area contributed by atoms with E-state index in [2.05, 4.69) is 18.7 Å². The number of hydrogen-bond acceptors (Lipinski definition) is 4. The normalized spacial score (nSPS) is 24.0. The van der Waals surface area contributed by atoms with E-state index in [0.29, 0.717) is 16.2 Å². The van der Waals surface area contributed by atoms with Crippen molar-refractivity contribution in [3.05, 3.63) is 23.8 Å². The van der Waals surface area contributed by atoms with Gasteiger partial charge in [0, 0.05) is 35.0 Å². The molecular formula is C13H18N2O2S. The molecule has 1 heterocycles. The van der Waals surface area contributed by atoms with E-state index in [1.165, 1.54) is 0 Å². The standard InChI is InChI=1S/C13H18N2O2S/c1-8-6-15(7-9(2)18-8)10-3-4-11(13(16)17)12(14)5-10/h3-5,8-9H,6-7,14H2,1-2H3,(H,16,17). The van der Waals surface area contributed by atoms with Crippen LogP contribution in [0.1, 0.15) is 24.2 Å². The van der Waals surface area contributed by atoms with Crippen LogP contribution in [0.25, 0.3) is 0 Å². The van der Waals surface area contributed by atoms with E-state index in [4.69, 9.17) is 10.8 Å². The van der Waals surface area contributed by atoms with Crippen LogP contribution in [0.3, 0.4) is 0 Å². The molecule has 0 saturated carbocycles. The molecule has 1 aromatic carbocycles. The Balaban J connectivity index is 2.23. The summed E-state index contributed by atoms with van der Waals surface area (Å²) in [4.78, 5) is 13.2. The van der Waals surface area contributed by atoms with Gasteiger partial charge in [0.1, 0.15) is 0 Å². The van der Waals surface area contributed by atoms with Gasteiger partial charge in [-0.05, 0) is 18.2 Å². The lowest BCUT2D eigenvalue weighted by Gasteiger charge is -2.36. The fourth-order valence-electron chi connectivity index (χ4n) is 2.33. The fraction of sp³-hybridized carbons (Fsp3) is 0.462. The number of hydrogen-bond donors (Lipinski definition) is 2. The molecule has 0 bridgehead atoms. The van der Waals surface area contributed by atoms with Gasteiger partial charge >= 0.3 is 5.97 Å². The van der Waals surface area contributed by atoms with Crippen LogP contribution in [0.15, 0.2) is 18.2 Å². The molecule has 0 spiro atoms. The van der Waals surface area contributed by atoms with Crippen molar-refractivity contribution in [3.63, 3.8) is 0 Å². The Morgan fingerprint density at radius 3 is 2.50 bits per heavy atom. The number of rotatable bonds is 2. The Morgan fingerprint density at radius 1 is 1.39 bits per heavy atom. The van der Waals surface area contributed by atoms with Crippen molar-refractivity contribution in [2.75, 3.05) is 23.7 Å². The maximum Gasteiger partial charge on any atom is 0.337 e. The predicted molar refractivity (Wildman–Crippen MR) is 76.5 cm³/mol. The van der Waals surface area contributed by atoms with Gasteiger partial charge in [-0.1, -0.05) is 13.8 Å². The van der Waals surface area contributed by atoms with E-state index < -0.39 is 5.97 Å². The number of carboxylic acids is 1. The van der Waals surface area contributed by atoms with E-state index in [1.54, 1.807) is 12.1 Å². The number of carbonyl (C=O) groups is 1. The van der Waals surface area contributed by atoms with Crippen LogP contribution in [0, 0.1) is 0 Å². The lowest BCUT2D eigenvalue weighted by atomic mass is 10.1. The predicted octanol–water partition coefficient (Wildman–Crippen LogP) is 2.30. The second-order valence-electron chi connectivity index (χ2n) is 4.74. The summed E-state index contributed by atoms with van der Waals surface area (Å²) >= 11 is 1.98. The summed E-state index contributed by atoms with van der Waals surface area (Å²) in [5.41, 5.74) is 7.30. The van der Waals surface area contributed by atoms with E-state index in [1.807, 2.05) is 17.8 Å². The van der Waals surface area contributed by atoms with Crippen molar-refractivity contribution in [1.82, 2.24) is 0 Å². The molecule has 5 heteroatoms. The highest BCUT2D eigenvalue weighted by Gasteiger charge is 2.23. The zero-order chi connectivity index (χ0) is 13.3. The Hall–Kier alpha value is -1.36. The van der Waals surface area contributed by atoms with Crippen LogP contribution in [0.5, 0.6) is 0 Å². The monoisotopic (exact) mass is 266 g/mol. The molecule has 2 unspecified atom stereocenters. The Bertz CT molecular complexity index is 454. The van der Waals surface area contributed by atoms with Gasteiger partial charge in [0.05, 0.1) is 5.56 Å². The van der Waals surface area contributed by atoms with Crippen molar-refractivity contribution < 1.29 is 9.90 Å². The zero-order valence-corrected chi connectivity index (χ0v) is 11.4. The van der Waals surface area contributed by atoms with E-state index >= 15 is 0 Å². The van der Waals surface area contributed by atoms with Crippen molar-refractivity contribution in [2.24, 2.45) is 0 Å². The minimum Gasteiger partial charge on any atom is -0.478 e. The highest BCUT2D eigenvalue weighted by atomic mass is 32.2. The number of nitrogens with two attached hydrogens (primary N) is 1. The molecule has 2 atom stereocenters. The summed E-state index contributed by atoms with van der Waals surface area (Å²) in [6.45, 7) is 6.37. The summed E-state index contributed by atoms with van der Waals surface area (Å²) < 4.78 is 0. The first-order valence-electron chi connectivity index (χ1n) is 6.00. The van der Waals surface area contributed by atoms with Crippen LogP contribution < -0.4 is 10.6 Å². The summed E-state index contributed by atoms with van der Waals surface area (Å²) in [5.74, 6) is -0.977. The fourth-order valence-corrected chi connectivity index (χ4v) is 3.66. The second kappa shape index (κ2) is 5.10. The molecule has 0 aromatic heterocycles. The molecule has 1 fully saturated rings. The maximum atomic E-state index is 10.9. The maximum absolute atomic E-state index is 10.9. The third kappa shape index (κ3) is 2.72. The molecule has 1 saturated heterocycles. The Labute approximate surface area is 111 Å². The van der Waals surface area contributed by atoms with Gasteiger partial charge in [0.15, 0.2) is 0 Å². The molecule has 1 aliphatic heterocycles. The van der Waals surface area contributed by atoms with E-state index in [-0.39, 0.29) is 5.56 Å². The van der Waals surface area contributed by atoms with Crippen molar-refractivity contribution >= 4 is 29.1 Å². The van der Waals surface area contributed by atoms with Crippen molar-refractivity contribution in [2.45, 2.75) is 24.3 Å². The van der Waals surface area contributed by atoms with Crippen LogP contribution in [-0.4, -0.2) is 34.7 Å². The molecule has 3 N–H and O–H groups in total. The molecular weight excluding hydrogens is 248 g/mol. The molecule has 4 nitrogen and oxygen atoms in total. The van der Waals surface area contributed by atoms with Gasteiger partial charge in [0.2, 0.25) is 0 Å². The number of anilines is 2. The summed E-state index contributed by atoms with van der Waals surface area (Å²) in [6, 6.07) is 5.19. The lowest BCUT2D eigenvalue weighted by Crippen LogP contribution is -2.40. The largest absolute Gasteiger partial charge is 0.478 e. The molecule has 2 rings (SSSR count).